The van der Waals surface area contributed by atoms with Crippen LogP contribution in [0.2, 0.25) is 0 Å². The van der Waals surface area contributed by atoms with Crippen LogP contribution in [0.3, 0.4) is 0 Å². The number of aliphatic hydroxyl groups excluding tert-OH is 1. The Balaban J connectivity index is 1.62. The Bertz CT molecular complexity index is 848. The van der Waals surface area contributed by atoms with Crippen LogP contribution in [0.4, 0.5) is 0 Å². The number of amides is 1. The lowest BCUT2D eigenvalue weighted by Crippen LogP contribution is -2.38. The highest BCUT2D eigenvalue weighted by atomic mass is 16.3. The number of Topliss-reactive ketones (excluding diaryl/α,β-unsaturated/α-hetero) is 1. The predicted molar refractivity (Wildman–Crippen MR) is 100.0 cm³/mol. The topological polar surface area (TPSA) is 70.8 Å². The van der Waals surface area contributed by atoms with Gasteiger partial charge < -0.3 is 14.4 Å². The number of hydrogen-bond acceptors (Lipinski definition) is 4. The summed E-state index contributed by atoms with van der Waals surface area (Å²) in [5.41, 5.74) is 1.23. The lowest BCUT2D eigenvalue weighted by Gasteiger charge is -2.30. The van der Waals surface area contributed by atoms with E-state index in [0.29, 0.717) is 12.2 Å². The van der Waals surface area contributed by atoms with Gasteiger partial charge in [0.1, 0.15) is 11.8 Å². The minimum atomic E-state index is -0.626. The predicted octanol–water partition coefficient (Wildman–Crippen LogP) is 4.12. The summed E-state index contributed by atoms with van der Waals surface area (Å²) in [5.74, 6) is -0.540. The van der Waals surface area contributed by atoms with Gasteiger partial charge in [0.2, 0.25) is 0 Å². The quantitative estimate of drug-likeness (QED) is 0.836. The van der Waals surface area contributed by atoms with Crippen molar-refractivity contribution in [2.24, 2.45) is 0 Å². The Morgan fingerprint density at radius 2 is 1.85 bits per heavy atom. The van der Waals surface area contributed by atoms with E-state index in [9.17, 15) is 14.7 Å². The van der Waals surface area contributed by atoms with Crippen LogP contribution >= 0.6 is 0 Å². The zero-order valence-electron chi connectivity index (χ0n) is 15.1. The van der Waals surface area contributed by atoms with Gasteiger partial charge in [-0.2, -0.15) is 0 Å². The first-order valence-corrected chi connectivity index (χ1v) is 9.53. The SMILES string of the molecule is O=C(CCc1ccccc1)C1=C(O)C(=O)N(C2CCCC2)C1c1ccco1. The molecule has 5 nitrogen and oxygen atoms in total. The maximum atomic E-state index is 13.0. The third-order valence-corrected chi connectivity index (χ3v) is 5.56. The summed E-state index contributed by atoms with van der Waals surface area (Å²) in [6, 6.07) is 12.7. The first-order valence-electron chi connectivity index (χ1n) is 9.53. The van der Waals surface area contributed by atoms with E-state index in [0.717, 1.165) is 31.2 Å². The molecule has 0 saturated heterocycles. The average Bonchev–Trinajstić information content (AvgIpc) is 3.43. The fourth-order valence-corrected chi connectivity index (χ4v) is 4.23. The van der Waals surface area contributed by atoms with E-state index in [1.165, 1.54) is 6.26 Å². The van der Waals surface area contributed by atoms with Crippen LogP contribution in [0.15, 0.2) is 64.5 Å². The minimum absolute atomic E-state index is 0.0363. The van der Waals surface area contributed by atoms with Crippen molar-refractivity contribution in [2.75, 3.05) is 0 Å². The summed E-state index contributed by atoms with van der Waals surface area (Å²) in [7, 11) is 0. The Labute approximate surface area is 158 Å². The molecule has 2 aliphatic rings. The number of ketones is 1. The molecule has 1 fully saturated rings. The first-order chi connectivity index (χ1) is 13.2. The maximum Gasteiger partial charge on any atom is 0.290 e. The van der Waals surface area contributed by atoms with Crippen LogP contribution in [0.1, 0.15) is 49.5 Å². The number of carbonyl (C=O) groups is 2. The molecule has 5 heteroatoms. The van der Waals surface area contributed by atoms with Crippen LogP contribution in [0.5, 0.6) is 0 Å². The zero-order valence-corrected chi connectivity index (χ0v) is 15.1. The summed E-state index contributed by atoms with van der Waals surface area (Å²) in [4.78, 5) is 27.5. The number of aryl methyl sites for hydroxylation is 1. The highest BCUT2D eigenvalue weighted by Crippen LogP contribution is 2.42. The Morgan fingerprint density at radius 3 is 2.52 bits per heavy atom. The number of hydrogen-bond donors (Lipinski definition) is 1. The molecule has 2 aromatic rings. The highest BCUT2D eigenvalue weighted by molar-refractivity contribution is 6.09. The zero-order chi connectivity index (χ0) is 18.8. The Kier molecular flexibility index (Phi) is 4.84. The van der Waals surface area contributed by atoms with Crippen LogP contribution in [0, 0.1) is 0 Å². The molecule has 0 bridgehead atoms. The molecule has 1 atom stereocenters. The molecule has 1 aromatic heterocycles. The molecule has 2 heterocycles. The second kappa shape index (κ2) is 7.43. The number of carbonyl (C=O) groups excluding carboxylic acids is 2. The van der Waals surface area contributed by atoms with Crippen LogP contribution in [-0.2, 0) is 16.0 Å². The standard InChI is InChI=1S/C22H23NO4/c24-17(13-12-15-7-2-1-3-8-15)19-20(18-11-6-14-27-18)23(22(26)21(19)25)16-9-4-5-10-16/h1-3,6-8,11,14,16,20,25H,4-5,9-10,12-13H2. The van der Waals surface area contributed by atoms with E-state index in [2.05, 4.69) is 0 Å². The Morgan fingerprint density at radius 1 is 1.11 bits per heavy atom. The third kappa shape index (κ3) is 3.29. The molecule has 1 saturated carbocycles. The van der Waals surface area contributed by atoms with Gasteiger partial charge in [0.25, 0.3) is 5.91 Å². The van der Waals surface area contributed by atoms with Gasteiger partial charge in [0, 0.05) is 12.5 Å². The second-order valence-electron chi connectivity index (χ2n) is 7.24. The van der Waals surface area contributed by atoms with Crippen LogP contribution in [0.25, 0.3) is 0 Å². The summed E-state index contributed by atoms with van der Waals surface area (Å²) in [6.45, 7) is 0. The molecule has 1 N–H and O–H groups in total. The van der Waals surface area contributed by atoms with Gasteiger partial charge in [-0.15, -0.1) is 0 Å². The summed E-state index contributed by atoms with van der Waals surface area (Å²) >= 11 is 0. The largest absolute Gasteiger partial charge is 0.503 e. The summed E-state index contributed by atoms with van der Waals surface area (Å²) < 4.78 is 5.56. The van der Waals surface area contributed by atoms with Crippen LogP contribution in [-0.4, -0.2) is 27.7 Å². The number of furan rings is 1. The van der Waals surface area contributed by atoms with Gasteiger partial charge in [0.15, 0.2) is 11.5 Å². The smallest absolute Gasteiger partial charge is 0.290 e. The fraction of sp³-hybridized carbons (Fsp3) is 0.364. The fourth-order valence-electron chi connectivity index (χ4n) is 4.23. The van der Waals surface area contributed by atoms with E-state index < -0.39 is 17.7 Å². The molecule has 1 aromatic carbocycles. The number of benzene rings is 1. The lowest BCUT2D eigenvalue weighted by molar-refractivity contribution is -0.132. The van der Waals surface area contributed by atoms with Crippen molar-refractivity contribution in [3.8, 4) is 0 Å². The molecule has 1 amide bonds. The van der Waals surface area contributed by atoms with Crippen molar-refractivity contribution in [1.82, 2.24) is 4.90 Å². The summed E-state index contributed by atoms with van der Waals surface area (Å²) in [6.07, 6.45) is 6.23. The third-order valence-electron chi connectivity index (χ3n) is 5.56. The van der Waals surface area contributed by atoms with Crippen molar-refractivity contribution in [3.05, 3.63) is 71.4 Å². The monoisotopic (exact) mass is 365 g/mol. The van der Waals surface area contributed by atoms with Gasteiger partial charge in [-0.25, -0.2) is 0 Å². The number of rotatable bonds is 6. The maximum absolute atomic E-state index is 13.0. The number of nitrogens with zero attached hydrogens (tertiary/aromatic N) is 1. The van der Waals surface area contributed by atoms with E-state index in [-0.39, 0.29) is 23.8 Å². The molecule has 1 aliphatic heterocycles. The van der Waals surface area contributed by atoms with E-state index >= 15 is 0 Å². The highest BCUT2D eigenvalue weighted by Gasteiger charge is 2.47. The Hall–Kier alpha value is -2.82. The molecule has 140 valence electrons. The second-order valence-corrected chi connectivity index (χ2v) is 7.24. The molecular weight excluding hydrogens is 342 g/mol. The normalized spacial score (nSPS) is 20.7. The van der Waals surface area contributed by atoms with Gasteiger partial charge >= 0.3 is 0 Å². The van der Waals surface area contributed by atoms with Crippen molar-refractivity contribution in [1.29, 1.82) is 0 Å². The summed E-state index contributed by atoms with van der Waals surface area (Å²) in [5, 5.41) is 10.6. The molecule has 0 radical (unpaired) electrons. The van der Waals surface area contributed by atoms with Gasteiger partial charge in [-0.3, -0.25) is 9.59 Å². The van der Waals surface area contributed by atoms with Crippen molar-refractivity contribution < 1.29 is 19.1 Å². The minimum Gasteiger partial charge on any atom is -0.503 e. The lowest BCUT2D eigenvalue weighted by atomic mass is 9.96. The van der Waals surface area contributed by atoms with Crippen LogP contribution < -0.4 is 0 Å². The molecule has 1 unspecified atom stereocenters. The van der Waals surface area contributed by atoms with Gasteiger partial charge in [0.05, 0.1) is 11.8 Å². The van der Waals surface area contributed by atoms with Gasteiger partial charge in [-0.1, -0.05) is 43.2 Å². The first kappa shape index (κ1) is 17.6. The van der Waals surface area contributed by atoms with Crippen molar-refractivity contribution >= 4 is 11.7 Å². The van der Waals surface area contributed by atoms with Gasteiger partial charge in [-0.05, 0) is 37.0 Å². The molecule has 0 spiro atoms. The van der Waals surface area contributed by atoms with Crippen molar-refractivity contribution in [2.45, 2.75) is 50.6 Å². The number of aliphatic hydroxyl groups is 1. The van der Waals surface area contributed by atoms with E-state index in [4.69, 9.17) is 4.42 Å². The van der Waals surface area contributed by atoms with E-state index in [1.54, 1.807) is 17.0 Å². The molecule has 27 heavy (non-hydrogen) atoms. The molecule has 4 rings (SSSR count). The van der Waals surface area contributed by atoms with E-state index in [1.807, 2.05) is 30.3 Å². The average molecular weight is 365 g/mol. The molecular formula is C22H23NO4. The molecule has 1 aliphatic carbocycles. The van der Waals surface area contributed by atoms with Crippen molar-refractivity contribution in [3.63, 3.8) is 0 Å².